The minimum absolute atomic E-state index is 0.130. The highest BCUT2D eigenvalue weighted by Gasteiger charge is 2.28. The van der Waals surface area contributed by atoms with Crippen LogP contribution in [0.2, 0.25) is 0 Å². The second-order valence-electron chi connectivity index (χ2n) is 5.87. The van der Waals surface area contributed by atoms with Gasteiger partial charge < -0.3 is 14.6 Å². The number of aromatic nitrogens is 1. The minimum atomic E-state index is -0.808. The molecule has 1 aliphatic carbocycles. The van der Waals surface area contributed by atoms with Crippen LogP contribution in [0.4, 0.5) is 9.80 Å². The van der Waals surface area contributed by atoms with Gasteiger partial charge in [-0.3, -0.25) is 14.9 Å². The third-order valence-corrected chi connectivity index (χ3v) is 5.18. The number of carbonyl (C=O) groups is 3. The number of alkyl carbamates (subject to hydrolysis) is 1. The van der Waals surface area contributed by atoms with Crippen LogP contribution in [0.1, 0.15) is 56.8 Å². The van der Waals surface area contributed by atoms with Gasteiger partial charge in [0.25, 0.3) is 11.8 Å². The predicted molar refractivity (Wildman–Crippen MR) is 94.6 cm³/mol. The summed E-state index contributed by atoms with van der Waals surface area (Å²) >= 11 is 1.36. The number of hydrogen-bond donors (Lipinski definition) is 2. The number of imide groups is 1. The third-order valence-electron chi connectivity index (χ3n) is 3.98. The molecule has 9 heteroatoms. The van der Waals surface area contributed by atoms with Crippen molar-refractivity contribution in [3.8, 4) is 0 Å². The maximum Gasteiger partial charge on any atom is 0.414 e. The molecule has 0 spiro atoms. The van der Waals surface area contributed by atoms with Crippen molar-refractivity contribution in [2.24, 2.45) is 0 Å². The lowest BCUT2D eigenvalue weighted by Crippen LogP contribution is -2.32. The fourth-order valence-electron chi connectivity index (χ4n) is 2.86. The second-order valence-corrected chi connectivity index (χ2v) is 6.97. The lowest BCUT2D eigenvalue weighted by Gasteiger charge is -2.12. The molecule has 0 aromatic carbocycles. The Hall–Kier alpha value is -2.68. The molecule has 0 unspecified atom stereocenters. The van der Waals surface area contributed by atoms with E-state index in [4.69, 9.17) is 9.26 Å². The molecule has 0 fully saturated rings. The van der Waals surface area contributed by atoms with E-state index in [1.54, 1.807) is 13.8 Å². The van der Waals surface area contributed by atoms with Crippen molar-refractivity contribution in [2.75, 3.05) is 11.9 Å². The Kier molecular flexibility index (Phi) is 5.36. The zero-order valence-corrected chi connectivity index (χ0v) is 15.3. The molecule has 2 N–H and O–H groups in total. The van der Waals surface area contributed by atoms with Crippen LogP contribution < -0.4 is 10.6 Å². The Morgan fingerprint density at radius 3 is 2.73 bits per heavy atom. The van der Waals surface area contributed by atoms with Crippen molar-refractivity contribution in [3.05, 3.63) is 33.5 Å². The first-order valence-electron chi connectivity index (χ1n) is 8.37. The molecule has 0 saturated heterocycles. The van der Waals surface area contributed by atoms with Crippen molar-refractivity contribution in [3.63, 3.8) is 0 Å². The summed E-state index contributed by atoms with van der Waals surface area (Å²) in [6, 6.07) is 1.52. The van der Waals surface area contributed by atoms with Gasteiger partial charge in [0.05, 0.1) is 12.2 Å². The average molecular weight is 377 g/mol. The van der Waals surface area contributed by atoms with Gasteiger partial charge in [-0.1, -0.05) is 5.16 Å². The molecule has 26 heavy (non-hydrogen) atoms. The molecule has 2 aromatic rings. The van der Waals surface area contributed by atoms with Gasteiger partial charge in [0, 0.05) is 10.9 Å². The molecule has 2 heterocycles. The fourth-order valence-corrected chi connectivity index (χ4v) is 4.14. The summed E-state index contributed by atoms with van der Waals surface area (Å²) in [7, 11) is 0. The molecule has 3 rings (SSSR count). The molecule has 0 radical (unpaired) electrons. The largest absolute Gasteiger partial charge is 0.450 e. The molecular formula is C17H19N3O5S. The van der Waals surface area contributed by atoms with Crippen LogP contribution in [0.5, 0.6) is 0 Å². The molecular weight excluding hydrogens is 358 g/mol. The maximum absolute atomic E-state index is 12.6. The van der Waals surface area contributed by atoms with E-state index in [9.17, 15) is 14.4 Å². The number of anilines is 1. The standard InChI is InChI=1S/C17H19N3O5S/c1-3-24-17(23)19-15(22)13-10-6-4-5-7-12(10)26-16(13)18-14(21)11-8-9(2)25-20-11/h8H,3-7H2,1-2H3,(H,18,21)(H,19,22,23). The fraction of sp³-hybridized carbons (Fsp3) is 0.412. The molecule has 3 amide bonds. The van der Waals surface area contributed by atoms with Crippen LogP contribution in [0.15, 0.2) is 10.6 Å². The van der Waals surface area contributed by atoms with Gasteiger partial charge in [0.2, 0.25) is 0 Å². The summed E-state index contributed by atoms with van der Waals surface area (Å²) < 4.78 is 9.68. The van der Waals surface area contributed by atoms with Gasteiger partial charge >= 0.3 is 6.09 Å². The summed E-state index contributed by atoms with van der Waals surface area (Å²) in [5.41, 5.74) is 1.34. The van der Waals surface area contributed by atoms with Crippen LogP contribution in [-0.4, -0.2) is 29.7 Å². The zero-order valence-electron chi connectivity index (χ0n) is 14.5. The van der Waals surface area contributed by atoms with Gasteiger partial charge in [-0.2, -0.15) is 0 Å². The first-order chi connectivity index (χ1) is 12.5. The number of carbonyl (C=O) groups excluding carboxylic acids is 3. The summed E-state index contributed by atoms with van der Waals surface area (Å²) in [6.07, 6.45) is 2.76. The van der Waals surface area contributed by atoms with E-state index in [1.165, 1.54) is 17.4 Å². The number of rotatable bonds is 4. The van der Waals surface area contributed by atoms with Gasteiger partial charge in [0.15, 0.2) is 5.69 Å². The van der Waals surface area contributed by atoms with Gasteiger partial charge in [-0.15, -0.1) is 11.3 Å². The average Bonchev–Trinajstić information content (AvgIpc) is 3.18. The molecule has 2 aromatic heterocycles. The smallest absolute Gasteiger partial charge is 0.414 e. The third kappa shape index (κ3) is 3.77. The van der Waals surface area contributed by atoms with E-state index in [0.29, 0.717) is 16.3 Å². The van der Waals surface area contributed by atoms with Crippen LogP contribution in [0.3, 0.4) is 0 Å². The van der Waals surface area contributed by atoms with Crippen molar-refractivity contribution in [1.29, 1.82) is 0 Å². The lowest BCUT2D eigenvalue weighted by molar-refractivity contribution is 0.0925. The van der Waals surface area contributed by atoms with E-state index in [0.717, 1.165) is 36.1 Å². The molecule has 8 nitrogen and oxygen atoms in total. The molecule has 0 atom stereocenters. The number of amides is 3. The highest BCUT2D eigenvalue weighted by atomic mass is 32.1. The Bertz CT molecular complexity index is 855. The Morgan fingerprint density at radius 1 is 1.27 bits per heavy atom. The van der Waals surface area contributed by atoms with Crippen LogP contribution in [0.25, 0.3) is 0 Å². The second kappa shape index (κ2) is 7.69. The van der Waals surface area contributed by atoms with E-state index in [-0.39, 0.29) is 12.3 Å². The summed E-state index contributed by atoms with van der Waals surface area (Å²) in [4.78, 5) is 37.7. The minimum Gasteiger partial charge on any atom is -0.450 e. The van der Waals surface area contributed by atoms with Gasteiger partial charge in [-0.05, 0) is 45.1 Å². The number of thiophene rings is 1. The van der Waals surface area contributed by atoms with E-state index >= 15 is 0 Å². The number of nitrogens with one attached hydrogen (secondary N) is 2. The number of hydrogen-bond acceptors (Lipinski definition) is 7. The van der Waals surface area contributed by atoms with Crippen molar-refractivity contribution >= 4 is 34.2 Å². The summed E-state index contributed by atoms with van der Waals surface area (Å²) in [5.74, 6) is -0.527. The van der Waals surface area contributed by atoms with Crippen LogP contribution in [0, 0.1) is 6.92 Å². The first kappa shape index (κ1) is 18.1. The Balaban J connectivity index is 1.89. The quantitative estimate of drug-likeness (QED) is 0.847. The maximum atomic E-state index is 12.6. The summed E-state index contributed by atoms with van der Waals surface area (Å²) in [5, 5.41) is 9.03. The number of ether oxygens (including phenoxy) is 1. The monoisotopic (exact) mass is 377 g/mol. The number of nitrogens with zero attached hydrogens (tertiary/aromatic N) is 1. The number of fused-ring (bicyclic) bond motifs is 1. The Labute approximate surface area is 153 Å². The van der Waals surface area contributed by atoms with Crippen molar-refractivity contribution < 1.29 is 23.6 Å². The highest BCUT2D eigenvalue weighted by molar-refractivity contribution is 7.17. The summed E-state index contributed by atoms with van der Waals surface area (Å²) in [6.45, 7) is 3.50. The highest BCUT2D eigenvalue weighted by Crippen LogP contribution is 2.38. The van der Waals surface area contributed by atoms with E-state index in [1.807, 2.05) is 0 Å². The zero-order chi connectivity index (χ0) is 18.7. The molecule has 0 aliphatic heterocycles. The normalized spacial score (nSPS) is 13.0. The van der Waals surface area contributed by atoms with Gasteiger partial charge in [-0.25, -0.2) is 4.79 Å². The first-order valence-corrected chi connectivity index (χ1v) is 9.18. The van der Waals surface area contributed by atoms with Crippen LogP contribution in [-0.2, 0) is 17.6 Å². The van der Waals surface area contributed by atoms with Gasteiger partial charge in [0.1, 0.15) is 10.8 Å². The van der Waals surface area contributed by atoms with E-state index < -0.39 is 17.9 Å². The number of aryl methyl sites for hydroxylation is 2. The predicted octanol–water partition coefficient (Wildman–Crippen LogP) is 3.06. The molecule has 0 bridgehead atoms. The molecule has 138 valence electrons. The van der Waals surface area contributed by atoms with Crippen molar-refractivity contribution in [1.82, 2.24) is 10.5 Å². The lowest BCUT2D eigenvalue weighted by atomic mass is 9.95. The Morgan fingerprint density at radius 2 is 2.04 bits per heavy atom. The van der Waals surface area contributed by atoms with Crippen LogP contribution >= 0.6 is 11.3 Å². The van der Waals surface area contributed by atoms with Crippen molar-refractivity contribution in [2.45, 2.75) is 39.5 Å². The van der Waals surface area contributed by atoms with E-state index in [2.05, 4.69) is 15.8 Å². The topological polar surface area (TPSA) is 111 Å². The molecule has 0 saturated carbocycles. The SMILES string of the molecule is CCOC(=O)NC(=O)c1c(NC(=O)c2cc(C)on2)sc2c1CCCC2. The molecule has 1 aliphatic rings.